The number of carbonyl (C=O) groups excluding carboxylic acids is 2. The molecule has 0 aliphatic rings. The first-order chi connectivity index (χ1) is 14.0. The quantitative estimate of drug-likeness (QED) is 0.580. The molecule has 0 heterocycles. The maximum absolute atomic E-state index is 13.1. The van der Waals surface area contributed by atoms with Crippen molar-refractivity contribution in [3.8, 4) is 5.75 Å². The van der Waals surface area contributed by atoms with Gasteiger partial charge in [0.15, 0.2) is 6.61 Å². The van der Waals surface area contributed by atoms with Crippen LogP contribution < -0.4 is 10.1 Å². The van der Waals surface area contributed by atoms with Gasteiger partial charge in [-0.25, -0.2) is 0 Å². The highest BCUT2D eigenvalue weighted by molar-refractivity contribution is 9.10. The van der Waals surface area contributed by atoms with Gasteiger partial charge in [0.25, 0.3) is 5.91 Å². The molecule has 0 aromatic heterocycles. The topological polar surface area (TPSA) is 58.6 Å². The average molecular weight is 496 g/mol. The van der Waals surface area contributed by atoms with E-state index in [1.807, 2.05) is 52.0 Å². The van der Waals surface area contributed by atoms with Crippen molar-refractivity contribution in [3.63, 3.8) is 0 Å². The predicted molar refractivity (Wildman–Crippen MR) is 124 cm³/mol. The molecule has 0 spiro atoms. The number of hydrogen-bond acceptors (Lipinski definition) is 3. The fourth-order valence-corrected chi connectivity index (χ4v) is 3.64. The summed E-state index contributed by atoms with van der Waals surface area (Å²) in [5.74, 6) is 0.0177. The third-order valence-electron chi connectivity index (χ3n) is 4.51. The summed E-state index contributed by atoms with van der Waals surface area (Å²) in [5, 5.41) is 3.51. The fourth-order valence-electron chi connectivity index (χ4n) is 2.84. The van der Waals surface area contributed by atoms with Gasteiger partial charge in [-0.2, -0.15) is 0 Å². The Morgan fingerprint density at radius 3 is 2.47 bits per heavy atom. The van der Waals surface area contributed by atoms with Gasteiger partial charge in [0, 0.05) is 17.1 Å². The molecule has 5 nitrogen and oxygen atoms in total. The number of hydrogen-bond donors (Lipinski definition) is 1. The van der Waals surface area contributed by atoms with Crippen LogP contribution in [0.4, 0.5) is 0 Å². The lowest BCUT2D eigenvalue weighted by Crippen LogP contribution is -2.53. The number of aryl methyl sites for hydroxylation is 1. The number of ether oxygens (including phenoxy) is 1. The lowest BCUT2D eigenvalue weighted by molar-refractivity contribution is -0.142. The van der Waals surface area contributed by atoms with Gasteiger partial charge in [0.05, 0.1) is 4.47 Å². The molecule has 0 unspecified atom stereocenters. The van der Waals surface area contributed by atoms with Crippen LogP contribution in [0.25, 0.3) is 0 Å². The molecule has 1 atom stereocenters. The van der Waals surface area contributed by atoms with E-state index >= 15 is 0 Å². The normalized spacial score (nSPS) is 12.2. The Hall–Kier alpha value is -2.05. The fraction of sp³-hybridized carbons (Fsp3) is 0.391. The Balaban J connectivity index is 2.21. The maximum Gasteiger partial charge on any atom is 0.261 e. The molecule has 1 N–H and O–H groups in total. The number of nitrogens with one attached hydrogen (secondary N) is 1. The highest BCUT2D eigenvalue weighted by atomic mass is 79.9. The lowest BCUT2D eigenvalue weighted by atomic mass is 10.1. The Bertz CT molecular complexity index is 912. The molecule has 2 amide bonds. The van der Waals surface area contributed by atoms with Crippen molar-refractivity contribution in [1.82, 2.24) is 10.2 Å². The smallest absolute Gasteiger partial charge is 0.261 e. The number of rotatable bonds is 7. The lowest BCUT2D eigenvalue weighted by Gasteiger charge is -2.31. The van der Waals surface area contributed by atoms with E-state index in [-0.39, 0.29) is 18.4 Å². The van der Waals surface area contributed by atoms with Crippen LogP contribution in [0.2, 0.25) is 5.02 Å². The third kappa shape index (κ3) is 7.03. The van der Waals surface area contributed by atoms with Crippen LogP contribution in [0, 0.1) is 6.92 Å². The zero-order valence-electron chi connectivity index (χ0n) is 18.0. The zero-order valence-corrected chi connectivity index (χ0v) is 20.3. The number of nitrogens with zero attached hydrogens (tertiary/aromatic N) is 1. The van der Waals surface area contributed by atoms with E-state index in [0.29, 0.717) is 21.8 Å². The summed E-state index contributed by atoms with van der Waals surface area (Å²) in [7, 11) is 0. The second-order valence-electron chi connectivity index (χ2n) is 8.23. The minimum atomic E-state index is -0.659. The van der Waals surface area contributed by atoms with Crippen LogP contribution in [0.1, 0.15) is 38.8 Å². The zero-order chi connectivity index (χ0) is 22.5. The van der Waals surface area contributed by atoms with Crippen LogP contribution in [-0.2, 0) is 16.1 Å². The van der Waals surface area contributed by atoms with Crippen molar-refractivity contribution in [3.05, 3.63) is 63.1 Å². The van der Waals surface area contributed by atoms with E-state index in [1.54, 1.807) is 30.0 Å². The summed E-state index contributed by atoms with van der Waals surface area (Å²) >= 11 is 9.34. The number of benzene rings is 2. The summed E-state index contributed by atoms with van der Waals surface area (Å²) in [6.45, 7) is 9.56. The van der Waals surface area contributed by atoms with Crippen molar-refractivity contribution >= 4 is 39.3 Å². The molecule has 0 radical (unpaired) electrons. The molecule has 0 fully saturated rings. The van der Waals surface area contributed by atoms with Crippen LogP contribution in [0.15, 0.2) is 46.9 Å². The highest BCUT2D eigenvalue weighted by Crippen LogP contribution is 2.28. The van der Waals surface area contributed by atoms with E-state index in [2.05, 4.69) is 21.2 Å². The molecule has 7 heteroatoms. The highest BCUT2D eigenvalue weighted by Gasteiger charge is 2.29. The van der Waals surface area contributed by atoms with E-state index in [1.165, 1.54) is 0 Å². The molecule has 2 rings (SSSR count). The third-order valence-corrected chi connectivity index (χ3v) is 5.37. The standard InChI is InChI=1S/C23H28BrClN2O3/c1-15-8-6-7-9-17(15)13-27(16(2)22(29)26-23(3,4)5)21(28)14-30-20-11-10-18(25)12-19(20)24/h6-12,16H,13-14H2,1-5H3,(H,26,29)/t16-/m1/s1. The number of carbonyl (C=O) groups is 2. The Kier molecular flexibility index (Phi) is 8.33. The van der Waals surface area contributed by atoms with Gasteiger partial charge in [0.2, 0.25) is 5.91 Å². The van der Waals surface area contributed by atoms with E-state index in [4.69, 9.17) is 16.3 Å². The van der Waals surface area contributed by atoms with E-state index in [9.17, 15) is 9.59 Å². The van der Waals surface area contributed by atoms with Crippen molar-refractivity contribution < 1.29 is 14.3 Å². The Morgan fingerprint density at radius 1 is 1.20 bits per heavy atom. The monoisotopic (exact) mass is 494 g/mol. The van der Waals surface area contributed by atoms with Gasteiger partial charge < -0.3 is 15.0 Å². The molecule has 2 aromatic rings. The molecule has 0 saturated heterocycles. The molecule has 0 aliphatic carbocycles. The first-order valence-electron chi connectivity index (χ1n) is 9.72. The van der Waals surface area contributed by atoms with Crippen molar-refractivity contribution in [2.24, 2.45) is 0 Å². The molecule has 0 bridgehead atoms. The van der Waals surface area contributed by atoms with Gasteiger partial charge in [-0.05, 0) is 79.9 Å². The van der Waals surface area contributed by atoms with Crippen LogP contribution in [0.5, 0.6) is 5.75 Å². The molecule has 162 valence electrons. The average Bonchev–Trinajstić information content (AvgIpc) is 2.64. The van der Waals surface area contributed by atoms with Gasteiger partial charge in [-0.1, -0.05) is 35.9 Å². The molecule has 2 aromatic carbocycles. The number of amides is 2. The van der Waals surface area contributed by atoms with E-state index in [0.717, 1.165) is 11.1 Å². The second kappa shape index (κ2) is 10.3. The maximum atomic E-state index is 13.1. The summed E-state index contributed by atoms with van der Waals surface area (Å²) in [6, 6.07) is 12.2. The second-order valence-corrected chi connectivity index (χ2v) is 9.52. The first-order valence-corrected chi connectivity index (χ1v) is 10.9. The molecule has 30 heavy (non-hydrogen) atoms. The van der Waals surface area contributed by atoms with Crippen LogP contribution >= 0.6 is 27.5 Å². The molecular weight excluding hydrogens is 468 g/mol. The first kappa shape index (κ1) is 24.2. The molecule has 0 aliphatic heterocycles. The summed E-state index contributed by atoms with van der Waals surface area (Å²) < 4.78 is 6.36. The Labute approximate surface area is 191 Å². The van der Waals surface area contributed by atoms with Gasteiger partial charge in [-0.15, -0.1) is 0 Å². The largest absolute Gasteiger partial charge is 0.483 e. The number of halogens is 2. The Morgan fingerprint density at radius 2 is 1.87 bits per heavy atom. The van der Waals surface area contributed by atoms with Crippen LogP contribution in [0.3, 0.4) is 0 Å². The summed E-state index contributed by atoms with van der Waals surface area (Å²) in [6.07, 6.45) is 0. The van der Waals surface area contributed by atoms with Gasteiger partial charge in [-0.3, -0.25) is 9.59 Å². The molecule has 0 saturated carbocycles. The van der Waals surface area contributed by atoms with Crippen molar-refractivity contribution in [2.45, 2.75) is 52.7 Å². The summed E-state index contributed by atoms with van der Waals surface area (Å²) in [4.78, 5) is 27.4. The predicted octanol–water partition coefficient (Wildman–Crippen LogP) is 5.12. The molecular formula is C23H28BrClN2O3. The van der Waals surface area contributed by atoms with Gasteiger partial charge in [0.1, 0.15) is 11.8 Å². The van der Waals surface area contributed by atoms with Crippen molar-refractivity contribution in [1.29, 1.82) is 0 Å². The van der Waals surface area contributed by atoms with Gasteiger partial charge >= 0.3 is 0 Å². The summed E-state index contributed by atoms with van der Waals surface area (Å²) in [5.41, 5.74) is 1.64. The minimum absolute atomic E-state index is 0.195. The van der Waals surface area contributed by atoms with E-state index < -0.39 is 11.6 Å². The van der Waals surface area contributed by atoms with Crippen LogP contribution in [-0.4, -0.2) is 34.9 Å². The minimum Gasteiger partial charge on any atom is -0.483 e. The SMILES string of the molecule is Cc1ccccc1CN(C(=O)COc1ccc(Cl)cc1Br)[C@H](C)C(=O)NC(C)(C)C. The van der Waals surface area contributed by atoms with Crippen molar-refractivity contribution in [2.75, 3.05) is 6.61 Å².